The fourth-order valence-electron chi connectivity index (χ4n) is 9.89. The molecule has 0 bridgehead atoms. The third kappa shape index (κ3) is 6.08. The molecule has 0 unspecified atom stereocenters. The molecule has 3 heteroatoms. The van der Waals surface area contributed by atoms with Crippen LogP contribution in [-0.4, -0.2) is 15.0 Å². The number of rotatable bonds is 7. The van der Waals surface area contributed by atoms with E-state index in [1.54, 1.807) is 0 Å². The Kier molecular flexibility index (Phi) is 8.72. The number of hydrogen-bond donors (Lipinski definition) is 0. The van der Waals surface area contributed by atoms with Crippen molar-refractivity contribution in [1.29, 1.82) is 0 Å². The highest BCUT2D eigenvalue weighted by Crippen LogP contribution is 2.56. The lowest BCUT2D eigenvalue weighted by atomic mass is 9.67. The molecule has 1 aromatic heterocycles. The Morgan fingerprint density at radius 1 is 0.270 bits per heavy atom. The Morgan fingerprint density at radius 2 is 0.746 bits per heavy atom. The van der Waals surface area contributed by atoms with E-state index >= 15 is 0 Å². The highest BCUT2D eigenvalue weighted by Gasteiger charge is 2.46. The molecule has 294 valence electrons. The SMILES string of the molecule is c1ccc(-c2nc(-c3ccc4cc(-c5ccc6c(c5)C(c5ccccc5)(c5ccccc5)c5ccccc5-6)ccc4c3)nc(-c3c(-c4ccccc4)ccc4ccccc34)n2)cc1. The highest BCUT2D eigenvalue weighted by molar-refractivity contribution is 6.03. The van der Waals surface area contributed by atoms with Gasteiger partial charge in [-0.3, -0.25) is 0 Å². The maximum atomic E-state index is 5.30. The van der Waals surface area contributed by atoms with Crippen molar-refractivity contribution in [2.45, 2.75) is 5.41 Å². The van der Waals surface area contributed by atoms with Gasteiger partial charge in [0.2, 0.25) is 0 Å². The molecule has 10 aromatic carbocycles. The minimum absolute atomic E-state index is 0.452. The topological polar surface area (TPSA) is 38.7 Å². The first-order valence-electron chi connectivity index (χ1n) is 21.5. The summed E-state index contributed by atoms with van der Waals surface area (Å²) in [6.07, 6.45) is 0. The summed E-state index contributed by atoms with van der Waals surface area (Å²) in [6, 6.07) is 84.9. The largest absolute Gasteiger partial charge is 0.208 e. The van der Waals surface area contributed by atoms with Gasteiger partial charge in [0.1, 0.15) is 0 Å². The molecule has 1 heterocycles. The quantitative estimate of drug-likeness (QED) is 0.161. The Balaban J connectivity index is 0.991. The second-order valence-corrected chi connectivity index (χ2v) is 16.3. The summed E-state index contributed by atoms with van der Waals surface area (Å²) in [7, 11) is 0. The first-order valence-corrected chi connectivity index (χ1v) is 21.5. The van der Waals surface area contributed by atoms with Crippen LogP contribution < -0.4 is 0 Å². The van der Waals surface area contributed by atoms with Crippen LogP contribution in [0.2, 0.25) is 0 Å². The van der Waals surface area contributed by atoms with E-state index in [0.717, 1.165) is 49.4 Å². The molecule has 0 spiro atoms. The van der Waals surface area contributed by atoms with Crippen LogP contribution in [0.4, 0.5) is 0 Å². The summed E-state index contributed by atoms with van der Waals surface area (Å²) >= 11 is 0. The van der Waals surface area contributed by atoms with Crippen LogP contribution in [0.1, 0.15) is 22.3 Å². The van der Waals surface area contributed by atoms with Gasteiger partial charge in [0.25, 0.3) is 0 Å². The van der Waals surface area contributed by atoms with Gasteiger partial charge in [-0.25, -0.2) is 15.0 Å². The van der Waals surface area contributed by atoms with Crippen molar-refractivity contribution in [3.63, 3.8) is 0 Å². The Bertz CT molecular complexity index is 3450. The van der Waals surface area contributed by atoms with Crippen LogP contribution >= 0.6 is 0 Å². The van der Waals surface area contributed by atoms with Crippen molar-refractivity contribution >= 4 is 21.5 Å². The van der Waals surface area contributed by atoms with Crippen LogP contribution in [0.3, 0.4) is 0 Å². The molecule has 1 aliphatic rings. The van der Waals surface area contributed by atoms with Crippen LogP contribution in [0.5, 0.6) is 0 Å². The predicted octanol–water partition coefficient (Wildman–Crippen LogP) is 14.9. The van der Waals surface area contributed by atoms with Crippen LogP contribution in [0.15, 0.2) is 237 Å². The van der Waals surface area contributed by atoms with E-state index in [9.17, 15) is 0 Å². The van der Waals surface area contributed by atoms with E-state index in [2.05, 4.69) is 218 Å². The minimum Gasteiger partial charge on any atom is -0.208 e. The van der Waals surface area contributed by atoms with Crippen molar-refractivity contribution < 1.29 is 0 Å². The van der Waals surface area contributed by atoms with Gasteiger partial charge in [-0.1, -0.05) is 218 Å². The summed E-state index contributed by atoms with van der Waals surface area (Å²) in [6.45, 7) is 0. The Morgan fingerprint density at radius 3 is 1.46 bits per heavy atom. The third-order valence-corrected chi connectivity index (χ3v) is 12.8. The second kappa shape index (κ2) is 15.0. The van der Waals surface area contributed by atoms with E-state index in [-0.39, 0.29) is 0 Å². The maximum Gasteiger partial charge on any atom is 0.165 e. The molecular weight excluding hydrogens is 763 g/mol. The molecule has 0 N–H and O–H groups in total. The van der Waals surface area contributed by atoms with Crippen LogP contribution in [0.25, 0.3) is 89.1 Å². The van der Waals surface area contributed by atoms with Gasteiger partial charge < -0.3 is 0 Å². The zero-order valence-corrected chi connectivity index (χ0v) is 34.4. The van der Waals surface area contributed by atoms with E-state index in [4.69, 9.17) is 15.0 Å². The number of fused-ring (bicyclic) bond motifs is 5. The second-order valence-electron chi connectivity index (χ2n) is 16.3. The molecule has 0 saturated carbocycles. The molecule has 0 saturated heterocycles. The fourth-order valence-corrected chi connectivity index (χ4v) is 9.89. The Labute approximate surface area is 366 Å². The summed E-state index contributed by atoms with van der Waals surface area (Å²) < 4.78 is 0. The zero-order valence-electron chi connectivity index (χ0n) is 34.4. The summed E-state index contributed by atoms with van der Waals surface area (Å²) in [5, 5.41) is 4.50. The summed E-state index contributed by atoms with van der Waals surface area (Å²) in [4.78, 5) is 15.7. The third-order valence-electron chi connectivity index (χ3n) is 12.8. The van der Waals surface area contributed by atoms with Crippen molar-refractivity contribution in [1.82, 2.24) is 15.0 Å². The van der Waals surface area contributed by atoms with E-state index < -0.39 is 5.41 Å². The normalized spacial score (nSPS) is 12.6. The number of hydrogen-bond acceptors (Lipinski definition) is 3. The van der Waals surface area contributed by atoms with Gasteiger partial charge in [0, 0.05) is 16.7 Å². The van der Waals surface area contributed by atoms with Crippen molar-refractivity contribution in [2.24, 2.45) is 0 Å². The number of nitrogens with zero attached hydrogens (tertiary/aromatic N) is 3. The lowest BCUT2D eigenvalue weighted by Gasteiger charge is -2.34. The van der Waals surface area contributed by atoms with Gasteiger partial charge in [0.15, 0.2) is 17.5 Å². The number of benzene rings is 10. The average molecular weight is 802 g/mol. The predicted molar refractivity (Wildman–Crippen MR) is 259 cm³/mol. The maximum absolute atomic E-state index is 5.30. The lowest BCUT2D eigenvalue weighted by Crippen LogP contribution is -2.28. The molecule has 0 radical (unpaired) electrons. The monoisotopic (exact) mass is 801 g/mol. The van der Waals surface area contributed by atoms with Gasteiger partial charge in [-0.2, -0.15) is 0 Å². The molecule has 63 heavy (non-hydrogen) atoms. The van der Waals surface area contributed by atoms with E-state index in [1.165, 1.54) is 44.5 Å². The smallest absolute Gasteiger partial charge is 0.165 e. The Hall–Kier alpha value is -8.27. The van der Waals surface area contributed by atoms with Crippen LogP contribution in [-0.2, 0) is 5.41 Å². The molecule has 3 nitrogen and oxygen atoms in total. The first-order chi connectivity index (χ1) is 31.2. The molecule has 0 amide bonds. The average Bonchev–Trinajstić information content (AvgIpc) is 3.67. The van der Waals surface area contributed by atoms with Crippen molar-refractivity contribution in [3.05, 3.63) is 259 Å². The van der Waals surface area contributed by atoms with Gasteiger partial charge in [0.05, 0.1) is 5.41 Å². The molecular formula is C60H39N3. The standard InChI is InChI=1S/C60H39N3/c1-5-17-40(18-6-1)51-35-33-41-19-13-14-26-50(41)56(51)59-62-57(42-20-7-2-8-21-42)61-58(63-59)47-32-31-43-37-44(29-30-45(43)38-47)46-34-36-53-52-27-15-16-28-54(52)60(55(53)39-46,48-22-9-3-10-23-48)49-24-11-4-12-25-49/h1-39H. The molecule has 0 aliphatic heterocycles. The van der Waals surface area contributed by atoms with Crippen molar-refractivity contribution in [3.8, 4) is 67.5 Å². The van der Waals surface area contributed by atoms with Crippen LogP contribution in [0, 0.1) is 0 Å². The molecule has 0 fully saturated rings. The number of aromatic nitrogens is 3. The molecule has 11 aromatic rings. The highest BCUT2D eigenvalue weighted by atomic mass is 15.0. The molecule has 0 atom stereocenters. The van der Waals surface area contributed by atoms with Gasteiger partial charge in [-0.05, 0) is 95.4 Å². The van der Waals surface area contributed by atoms with Gasteiger partial charge in [-0.15, -0.1) is 0 Å². The summed E-state index contributed by atoms with van der Waals surface area (Å²) in [5.74, 6) is 1.91. The van der Waals surface area contributed by atoms with E-state index in [1.807, 2.05) is 18.2 Å². The fraction of sp³-hybridized carbons (Fsp3) is 0.0167. The van der Waals surface area contributed by atoms with Gasteiger partial charge >= 0.3 is 0 Å². The minimum atomic E-state index is -0.452. The lowest BCUT2D eigenvalue weighted by molar-refractivity contribution is 0.769. The molecule has 12 rings (SSSR count). The summed E-state index contributed by atoms with van der Waals surface area (Å²) in [5.41, 5.74) is 14.7. The first kappa shape index (κ1) is 36.6. The van der Waals surface area contributed by atoms with E-state index in [0.29, 0.717) is 17.5 Å². The zero-order chi connectivity index (χ0) is 41.7. The van der Waals surface area contributed by atoms with Crippen molar-refractivity contribution in [2.75, 3.05) is 0 Å². The molecule has 1 aliphatic carbocycles.